The number of hydrogen-bond donors (Lipinski definition) is 2. The summed E-state index contributed by atoms with van der Waals surface area (Å²) in [6.07, 6.45) is 0.733. The van der Waals surface area contributed by atoms with Crippen LogP contribution in [0.3, 0.4) is 0 Å². The molecule has 2 aliphatic heterocycles. The van der Waals surface area contributed by atoms with Crippen LogP contribution >= 0.6 is 12.4 Å². The van der Waals surface area contributed by atoms with Crippen LogP contribution in [0.5, 0.6) is 0 Å². The van der Waals surface area contributed by atoms with Gasteiger partial charge in [0, 0.05) is 31.6 Å². The number of anilines is 1. The number of nitrogens with one attached hydrogen (secondary N) is 1. The van der Waals surface area contributed by atoms with Crippen LogP contribution in [0.15, 0.2) is 23.2 Å². The van der Waals surface area contributed by atoms with Gasteiger partial charge in [-0.15, -0.1) is 12.4 Å². The van der Waals surface area contributed by atoms with Gasteiger partial charge in [-0.05, 0) is 26.0 Å². The molecule has 3 rings (SSSR count). The van der Waals surface area contributed by atoms with Crippen molar-refractivity contribution in [3.63, 3.8) is 0 Å². The van der Waals surface area contributed by atoms with Crippen LogP contribution in [0.25, 0.3) is 0 Å². The Labute approximate surface area is 146 Å². The summed E-state index contributed by atoms with van der Waals surface area (Å²) < 4.78 is 19.1. The Balaban J connectivity index is 0.00000208. The molecular formula is C16H22ClFN4O2. The number of ether oxygens (including phenoxy) is 1. The minimum Gasteiger partial charge on any atom is -0.447 e. The summed E-state index contributed by atoms with van der Waals surface area (Å²) in [6, 6.07) is 4.80. The van der Waals surface area contributed by atoms with E-state index in [-0.39, 0.29) is 36.3 Å². The molecule has 1 aromatic rings. The van der Waals surface area contributed by atoms with E-state index in [2.05, 4.69) is 10.3 Å². The maximum Gasteiger partial charge on any atom is 0.410 e. The molecule has 0 aromatic heterocycles. The molecule has 2 aliphatic rings. The Morgan fingerprint density at radius 1 is 1.42 bits per heavy atom. The largest absolute Gasteiger partial charge is 0.447 e. The quantitative estimate of drug-likeness (QED) is 0.810. The van der Waals surface area contributed by atoms with E-state index in [1.165, 1.54) is 6.07 Å². The second-order valence-electron chi connectivity index (χ2n) is 6.24. The first kappa shape index (κ1) is 18.3. The minimum absolute atomic E-state index is 0. The van der Waals surface area contributed by atoms with Crippen LogP contribution in [0.2, 0.25) is 0 Å². The number of benzene rings is 1. The average molecular weight is 357 g/mol. The van der Waals surface area contributed by atoms with Crippen molar-refractivity contribution in [2.45, 2.75) is 38.5 Å². The molecule has 0 aliphatic carbocycles. The molecule has 132 valence electrons. The van der Waals surface area contributed by atoms with Crippen molar-refractivity contribution < 1.29 is 13.9 Å². The molecule has 1 fully saturated rings. The van der Waals surface area contributed by atoms with Gasteiger partial charge in [0.2, 0.25) is 0 Å². The first-order chi connectivity index (χ1) is 10.9. The number of carbonyl (C=O) groups is 1. The van der Waals surface area contributed by atoms with Gasteiger partial charge in [0.1, 0.15) is 17.3 Å². The van der Waals surface area contributed by atoms with E-state index in [1.54, 1.807) is 17.0 Å². The lowest BCUT2D eigenvalue weighted by Crippen LogP contribution is -2.52. The van der Waals surface area contributed by atoms with Crippen molar-refractivity contribution in [1.29, 1.82) is 0 Å². The summed E-state index contributed by atoms with van der Waals surface area (Å²) in [6.45, 7) is 4.67. The molecule has 1 saturated heterocycles. The van der Waals surface area contributed by atoms with Crippen LogP contribution in [-0.2, 0) is 4.74 Å². The number of piperidine rings is 1. The van der Waals surface area contributed by atoms with Crippen molar-refractivity contribution in [2.75, 3.05) is 18.4 Å². The van der Waals surface area contributed by atoms with Gasteiger partial charge in [-0.2, -0.15) is 0 Å². The number of fused-ring (bicyclic) bond motifs is 1. The molecule has 0 unspecified atom stereocenters. The zero-order valence-corrected chi connectivity index (χ0v) is 14.5. The number of nitrogens with two attached hydrogens (primary N) is 1. The number of hydrogen-bond acceptors (Lipinski definition) is 5. The molecule has 1 aromatic carbocycles. The van der Waals surface area contributed by atoms with E-state index in [0.717, 1.165) is 0 Å². The lowest BCUT2D eigenvalue weighted by molar-refractivity contribution is 0.0646. The highest BCUT2D eigenvalue weighted by Crippen LogP contribution is 2.35. The summed E-state index contributed by atoms with van der Waals surface area (Å²) in [5, 5.41) is 3.30. The van der Waals surface area contributed by atoms with Crippen molar-refractivity contribution in [3.8, 4) is 0 Å². The van der Waals surface area contributed by atoms with Gasteiger partial charge in [-0.25, -0.2) is 14.2 Å². The third kappa shape index (κ3) is 3.40. The number of carbonyl (C=O) groups excluding carboxylic acids is 1. The van der Waals surface area contributed by atoms with E-state index in [4.69, 9.17) is 10.5 Å². The molecule has 8 heteroatoms. The van der Waals surface area contributed by atoms with Gasteiger partial charge in [0.05, 0.1) is 11.7 Å². The van der Waals surface area contributed by atoms with Crippen LogP contribution in [-0.4, -0.2) is 41.7 Å². The van der Waals surface area contributed by atoms with E-state index in [1.807, 2.05) is 13.8 Å². The summed E-state index contributed by atoms with van der Waals surface area (Å²) in [5.74, 6) is -0.181. The Bertz CT molecular complexity index is 657. The van der Waals surface area contributed by atoms with Crippen molar-refractivity contribution in [1.82, 2.24) is 4.90 Å². The maximum absolute atomic E-state index is 13.9. The van der Waals surface area contributed by atoms with E-state index in [0.29, 0.717) is 37.2 Å². The lowest BCUT2D eigenvalue weighted by atomic mass is 9.94. The number of nitrogens with zero attached hydrogens (tertiary/aromatic N) is 2. The van der Waals surface area contributed by atoms with Crippen molar-refractivity contribution in [3.05, 3.63) is 29.6 Å². The molecule has 6 nitrogen and oxygen atoms in total. The molecule has 1 spiro atoms. The smallest absolute Gasteiger partial charge is 0.410 e. The number of likely N-dealkylation sites (tertiary alicyclic amines) is 1. The van der Waals surface area contributed by atoms with E-state index in [9.17, 15) is 9.18 Å². The zero-order chi connectivity index (χ0) is 16.6. The lowest BCUT2D eigenvalue weighted by Gasteiger charge is -2.42. The predicted octanol–water partition coefficient (Wildman–Crippen LogP) is 2.72. The highest BCUT2D eigenvalue weighted by molar-refractivity contribution is 6.04. The number of halogens is 2. The second-order valence-corrected chi connectivity index (χ2v) is 6.24. The number of amidine groups is 1. The van der Waals surface area contributed by atoms with Crippen LogP contribution < -0.4 is 11.1 Å². The molecule has 1 amide bonds. The number of amides is 1. The van der Waals surface area contributed by atoms with Gasteiger partial charge in [0.25, 0.3) is 0 Å². The Morgan fingerprint density at radius 3 is 2.71 bits per heavy atom. The maximum atomic E-state index is 13.9. The highest BCUT2D eigenvalue weighted by atomic mass is 35.5. The molecule has 0 radical (unpaired) electrons. The Kier molecular flexibility index (Phi) is 5.22. The molecule has 0 bridgehead atoms. The van der Waals surface area contributed by atoms with Crippen molar-refractivity contribution in [2.24, 2.45) is 10.7 Å². The van der Waals surface area contributed by atoms with Gasteiger partial charge >= 0.3 is 6.09 Å². The fourth-order valence-corrected chi connectivity index (χ4v) is 3.03. The Hall–Kier alpha value is -2.02. The predicted molar refractivity (Wildman–Crippen MR) is 93.2 cm³/mol. The average Bonchev–Trinajstić information content (AvgIpc) is 2.46. The molecule has 24 heavy (non-hydrogen) atoms. The third-order valence-corrected chi connectivity index (χ3v) is 4.16. The van der Waals surface area contributed by atoms with Gasteiger partial charge in [0.15, 0.2) is 0 Å². The monoisotopic (exact) mass is 356 g/mol. The third-order valence-electron chi connectivity index (χ3n) is 4.16. The van der Waals surface area contributed by atoms with Crippen LogP contribution in [0.1, 0.15) is 32.3 Å². The SMILES string of the molecule is CC(C)OC(=O)N1CCC2(CC1)N=C(N)c1c(F)cccc1N2.Cl. The minimum atomic E-state index is -0.584. The van der Waals surface area contributed by atoms with Crippen LogP contribution in [0.4, 0.5) is 14.9 Å². The van der Waals surface area contributed by atoms with Gasteiger partial charge in [-0.1, -0.05) is 6.07 Å². The standard InChI is InChI=1S/C16H21FN4O2.ClH/c1-10(2)23-15(22)21-8-6-16(7-9-21)19-12-5-3-4-11(17)13(12)14(18)20-16;/h3-5,10,19H,6-9H2,1-2H3,(H2,18,20);1H. The highest BCUT2D eigenvalue weighted by Gasteiger charge is 2.39. The summed E-state index contributed by atoms with van der Waals surface area (Å²) >= 11 is 0. The van der Waals surface area contributed by atoms with Crippen molar-refractivity contribution >= 4 is 30.0 Å². The molecule has 3 N–H and O–H groups in total. The fourth-order valence-electron chi connectivity index (χ4n) is 3.03. The summed E-state index contributed by atoms with van der Waals surface area (Å²) in [5.41, 5.74) is 6.36. The topological polar surface area (TPSA) is 80.0 Å². The molecule has 2 heterocycles. The van der Waals surface area contributed by atoms with Gasteiger partial charge in [-0.3, -0.25) is 0 Å². The van der Waals surface area contributed by atoms with E-state index < -0.39 is 5.66 Å². The fraction of sp³-hybridized carbons (Fsp3) is 0.500. The molecular weight excluding hydrogens is 335 g/mol. The number of rotatable bonds is 1. The molecule has 0 atom stereocenters. The first-order valence-electron chi connectivity index (χ1n) is 7.78. The zero-order valence-electron chi connectivity index (χ0n) is 13.7. The first-order valence-corrected chi connectivity index (χ1v) is 7.78. The Morgan fingerprint density at radius 2 is 2.08 bits per heavy atom. The van der Waals surface area contributed by atoms with E-state index >= 15 is 0 Å². The summed E-state index contributed by atoms with van der Waals surface area (Å²) in [4.78, 5) is 18.1. The normalized spacial score (nSPS) is 18.3. The van der Waals surface area contributed by atoms with Gasteiger partial charge < -0.3 is 20.7 Å². The second kappa shape index (κ2) is 6.84. The number of aliphatic imine (C=N–C) groups is 1. The van der Waals surface area contributed by atoms with Crippen LogP contribution in [0, 0.1) is 5.82 Å². The summed E-state index contributed by atoms with van der Waals surface area (Å²) in [7, 11) is 0. The molecule has 0 saturated carbocycles.